The quantitative estimate of drug-likeness (QED) is 0.356. The molecule has 1 aromatic heterocycles. The second-order valence-electron chi connectivity index (χ2n) is 7.78. The zero-order valence-corrected chi connectivity index (χ0v) is 17.7. The van der Waals surface area contributed by atoms with E-state index in [-0.39, 0.29) is 17.5 Å². The third-order valence-corrected chi connectivity index (χ3v) is 4.83. The Bertz CT molecular complexity index is 1020. The lowest BCUT2D eigenvalue weighted by atomic mass is 10.1. The Morgan fingerprint density at radius 1 is 1.10 bits per heavy atom. The van der Waals surface area contributed by atoms with Gasteiger partial charge in [-0.2, -0.15) is 4.98 Å². The number of benzene rings is 2. The standard InChI is InChI=1S/C23H26N4O4/c1-17(2)15-22(28)26(13-11-18-7-4-3-5-8-18)14-12-21-24-23(25-31-21)19-9-6-10-20(16-19)27(29)30/h3-10,16-17H,11-15H2,1-2H3. The Morgan fingerprint density at radius 3 is 2.55 bits per heavy atom. The van der Waals surface area contributed by atoms with Crippen molar-refractivity contribution in [2.45, 2.75) is 33.1 Å². The number of non-ortho nitro benzene ring substituents is 1. The number of carbonyl (C=O) groups is 1. The molecule has 31 heavy (non-hydrogen) atoms. The minimum atomic E-state index is -0.463. The van der Waals surface area contributed by atoms with Crippen LogP contribution in [0.4, 0.5) is 5.69 Å². The van der Waals surface area contributed by atoms with Crippen LogP contribution in [0.25, 0.3) is 11.4 Å². The largest absolute Gasteiger partial charge is 0.342 e. The van der Waals surface area contributed by atoms with E-state index in [0.717, 1.165) is 6.42 Å². The zero-order valence-electron chi connectivity index (χ0n) is 17.7. The minimum Gasteiger partial charge on any atom is -0.342 e. The van der Waals surface area contributed by atoms with Gasteiger partial charge in [0.05, 0.1) is 4.92 Å². The van der Waals surface area contributed by atoms with E-state index in [0.29, 0.717) is 43.2 Å². The van der Waals surface area contributed by atoms with Crippen LogP contribution >= 0.6 is 0 Å². The van der Waals surface area contributed by atoms with Crippen molar-refractivity contribution in [3.05, 3.63) is 76.2 Å². The van der Waals surface area contributed by atoms with Crippen molar-refractivity contribution in [3.63, 3.8) is 0 Å². The molecule has 0 saturated heterocycles. The number of nitrogens with zero attached hydrogens (tertiary/aromatic N) is 4. The molecule has 3 rings (SSSR count). The average Bonchev–Trinajstić information content (AvgIpc) is 3.23. The van der Waals surface area contributed by atoms with Gasteiger partial charge in [0.1, 0.15) is 0 Å². The molecule has 0 N–H and O–H groups in total. The van der Waals surface area contributed by atoms with Crippen LogP contribution in [-0.4, -0.2) is 39.0 Å². The maximum atomic E-state index is 12.7. The number of nitro groups is 1. The van der Waals surface area contributed by atoms with Gasteiger partial charge in [-0.1, -0.05) is 61.5 Å². The van der Waals surface area contributed by atoms with Crippen molar-refractivity contribution in [2.75, 3.05) is 13.1 Å². The molecule has 0 spiro atoms. The van der Waals surface area contributed by atoms with Crippen molar-refractivity contribution in [2.24, 2.45) is 5.92 Å². The number of nitro benzene ring substituents is 1. The van der Waals surface area contributed by atoms with E-state index in [2.05, 4.69) is 22.3 Å². The van der Waals surface area contributed by atoms with Crippen molar-refractivity contribution in [1.82, 2.24) is 15.0 Å². The van der Waals surface area contributed by atoms with Crippen molar-refractivity contribution in [1.29, 1.82) is 0 Å². The number of carbonyl (C=O) groups excluding carboxylic acids is 1. The molecule has 0 saturated carbocycles. The number of rotatable bonds is 10. The van der Waals surface area contributed by atoms with Crippen LogP contribution in [0.2, 0.25) is 0 Å². The highest BCUT2D eigenvalue weighted by molar-refractivity contribution is 5.76. The van der Waals surface area contributed by atoms with Crippen LogP contribution in [-0.2, 0) is 17.6 Å². The average molecular weight is 422 g/mol. The van der Waals surface area contributed by atoms with E-state index in [9.17, 15) is 14.9 Å². The Balaban J connectivity index is 1.66. The lowest BCUT2D eigenvalue weighted by Gasteiger charge is -2.23. The first-order valence-corrected chi connectivity index (χ1v) is 10.3. The molecular formula is C23H26N4O4. The van der Waals surface area contributed by atoms with Crippen LogP contribution < -0.4 is 0 Å². The summed E-state index contributed by atoms with van der Waals surface area (Å²) in [4.78, 5) is 29.4. The van der Waals surface area contributed by atoms with E-state index in [4.69, 9.17) is 4.52 Å². The third kappa shape index (κ3) is 6.47. The van der Waals surface area contributed by atoms with Crippen LogP contribution in [0, 0.1) is 16.0 Å². The topological polar surface area (TPSA) is 102 Å². The number of hydrogen-bond acceptors (Lipinski definition) is 6. The van der Waals surface area contributed by atoms with Gasteiger partial charge in [-0.3, -0.25) is 14.9 Å². The minimum absolute atomic E-state index is 0.0322. The lowest BCUT2D eigenvalue weighted by molar-refractivity contribution is -0.384. The predicted octanol–water partition coefficient (Wildman–Crippen LogP) is 4.30. The number of aromatic nitrogens is 2. The maximum Gasteiger partial charge on any atom is 0.270 e. The van der Waals surface area contributed by atoms with Crippen LogP contribution in [0.5, 0.6) is 0 Å². The Hall–Kier alpha value is -3.55. The first kappa shape index (κ1) is 22.1. The summed E-state index contributed by atoms with van der Waals surface area (Å²) in [6, 6.07) is 16.2. The van der Waals surface area contributed by atoms with Crippen LogP contribution in [0.3, 0.4) is 0 Å². The molecule has 0 bridgehead atoms. The Labute approximate surface area is 181 Å². The smallest absolute Gasteiger partial charge is 0.270 e. The zero-order chi connectivity index (χ0) is 22.2. The summed E-state index contributed by atoms with van der Waals surface area (Å²) in [5, 5.41) is 14.9. The van der Waals surface area contributed by atoms with Gasteiger partial charge >= 0.3 is 0 Å². The summed E-state index contributed by atoms with van der Waals surface area (Å²) in [5.74, 6) is 1.06. The van der Waals surface area contributed by atoms with Crippen molar-refractivity contribution < 1.29 is 14.2 Å². The summed E-state index contributed by atoms with van der Waals surface area (Å²) in [6.07, 6.45) is 1.67. The number of hydrogen-bond donors (Lipinski definition) is 0. The summed E-state index contributed by atoms with van der Waals surface area (Å²) in [7, 11) is 0. The lowest BCUT2D eigenvalue weighted by Crippen LogP contribution is -2.35. The molecule has 0 atom stereocenters. The fourth-order valence-electron chi connectivity index (χ4n) is 3.21. The van der Waals surface area contributed by atoms with Crippen molar-refractivity contribution in [3.8, 4) is 11.4 Å². The number of amides is 1. The molecule has 8 nitrogen and oxygen atoms in total. The highest BCUT2D eigenvalue weighted by Crippen LogP contribution is 2.21. The van der Waals surface area contributed by atoms with Gasteiger partial charge in [0, 0.05) is 43.6 Å². The molecular weight excluding hydrogens is 396 g/mol. The highest BCUT2D eigenvalue weighted by atomic mass is 16.6. The van der Waals surface area contributed by atoms with Gasteiger partial charge in [-0.15, -0.1) is 0 Å². The first-order valence-electron chi connectivity index (χ1n) is 10.3. The van der Waals surface area contributed by atoms with E-state index >= 15 is 0 Å². The maximum absolute atomic E-state index is 12.7. The van der Waals surface area contributed by atoms with E-state index in [1.807, 2.05) is 36.9 Å². The monoisotopic (exact) mass is 422 g/mol. The fraction of sp³-hybridized carbons (Fsp3) is 0.348. The second kappa shape index (κ2) is 10.5. The van der Waals surface area contributed by atoms with E-state index in [1.54, 1.807) is 12.1 Å². The van der Waals surface area contributed by atoms with E-state index < -0.39 is 4.92 Å². The van der Waals surface area contributed by atoms with Crippen LogP contribution in [0.15, 0.2) is 59.1 Å². The predicted molar refractivity (Wildman–Crippen MR) is 116 cm³/mol. The molecule has 0 aliphatic carbocycles. The van der Waals surface area contributed by atoms with Gasteiger partial charge in [0.15, 0.2) is 0 Å². The molecule has 1 amide bonds. The molecule has 0 aliphatic heterocycles. The first-order chi connectivity index (χ1) is 14.9. The molecule has 0 unspecified atom stereocenters. The van der Waals surface area contributed by atoms with Crippen molar-refractivity contribution >= 4 is 11.6 Å². The summed E-state index contributed by atoms with van der Waals surface area (Å²) < 4.78 is 5.32. The molecule has 0 aliphatic rings. The Morgan fingerprint density at radius 2 is 1.84 bits per heavy atom. The van der Waals surface area contributed by atoms with Gasteiger partial charge in [0.25, 0.3) is 5.69 Å². The SMILES string of the molecule is CC(C)CC(=O)N(CCc1ccccc1)CCc1nc(-c2cccc([N+](=O)[O-])c2)no1. The molecule has 0 radical (unpaired) electrons. The third-order valence-electron chi connectivity index (χ3n) is 4.83. The second-order valence-corrected chi connectivity index (χ2v) is 7.78. The Kier molecular flexibility index (Phi) is 7.48. The molecule has 2 aromatic carbocycles. The summed E-state index contributed by atoms with van der Waals surface area (Å²) in [6.45, 7) is 5.13. The molecule has 8 heteroatoms. The van der Waals surface area contributed by atoms with Gasteiger partial charge in [0.2, 0.25) is 17.6 Å². The van der Waals surface area contributed by atoms with Gasteiger partial charge in [-0.25, -0.2) is 0 Å². The van der Waals surface area contributed by atoms with Gasteiger partial charge < -0.3 is 9.42 Å². The van der Waals surface area contributed by atoms with E-state index in [1.165, 1.54) is 17.7 Å². The molecule has 0 fully saturated rings. The highest BCUT2D eigenvalue weighted by Gasteiger charge is 2.18. The molecule has 3 aromatic rings. The summed E-state index contributed by atoms with van der Waals surface area (Å²) in [5.41, 5.74) is 1.66. The normalized spacial score (nSPS) is 10.9. The summed E-state index contributed by atoms with van der Waals surface area (Å²) >= 11 is 0. The fourth-order valence-corrected chi connectivity index (χ4v) is 3.21. The van der Waals surface area contributed by atoms with Crippen LogP contribution in [0.1, 0.15) is 31.7 Å². The van der Waals surface area contributed by atoms with Gasteiger partial charge in [-0.05, 0) is 17.9 Å². The molecule has 162 valence electrons. The molecule has 1 heterocycles.